The van der Waals surface area contributed by atoms with Gasteiger partial charge in [0.1, 0.15) is 6.04 Å². The Kier molecular flexibility index (Phi) is 10.8. The number of benzene rings is 7. The van der Waals surface area contributed by atoms with Crippen molar-refractivity contribution >= 4 is 28.2 Å². The second kappa shape index (κ2) is 16.8. The van der Waals surface area contributed by atoms with Crippen LogP contribution in [-0.2, 0) is 43.2 Å². The first-order valence-corrected chi connectivity index (χ1v) is 20.4. The smallest absolute Gasteiger partial charge is 0.418 e. The van der Waals surface area contributed by atoms with E-state index in [-0.39, 0.29) is 5.52 Å². The van der Waals surface area contributed by atoms with Gasteiger partial charge in [-0.3, -0.25) is 4.98 Å². The first-order chi connectivity index (χ1) is 29.7. The van der Waals surface area contributed by atoms with Gasteiger partial charge >= 0.3 is 12.1 Å². The first kappa shape index (κ1) is 39.3. The van der Waals surface area contributed by atoms with Gasteiger partial charge in [0.05, 0.1) is 11.1 Å². The van der Waals surface area contributed by atoms with Crippen LogP contribution >= 0.6 is 0 Å². The molecule has 0 radical (unpaired) electrons. The van der Waals surface area contributed by atoms with E-state index in [0.717, 1.165) is 79.5 Å². The highest BCUT2D eigenvalue weighted by Gasteiger charge is 2.34. The Balaban J connectivity index is 0.963. The maximum absolute atomic E-state index is 14.1. The number of nitrogens with zero attached hydrogens (tertiary/aromatic N) is 1. The van der Waals surface area contributed by atoms with Crippen LogP contribution < -0.4 is 10.6 Å². The topological polar surface area (TPSA) is 74.2 Å². The Morgan fingerprint density at radius 3 is 2.10 bits per heavy atom. The molecular weight excluding hydrogens is 768 g/mol. The second-order valence-electron chi connectivity index (χ2n) is 15.6. The van der Waals surface area contributed by atoms with Gasteiger partial charge in [0, 0.05) is 42.3 Å². The fourth-order valence-corrected chi connectivity index (χ4v) is 8.58. The molecule has 0 unspecified atom stereocenters. The summed E-state index contributed by atoms with van der Waals surface area (Å²) >= 11 is 0. The number of carboxylic acids is 1. The van der Waals surface area contributed by atoms with Crippen LogP contribution in [0, 0.1) is 0 Å². The highest BCUT2D eigenvalue weighted by molar-refractivity contribution is 5.98. The third-order valence-corrected chi connectivity index (χ3v) is 11.6. The summed E-state index contributed by atoms with van der Waals surface area (Å²) in [6, 6.07) is 51.8. The summed E-state index contributed by atoms with van der Waals surface area (Å²) in [7, 11) is 0. The number of fused-ring (bicyclic) bond motifs is 4. The lowest BCUT2D eigenvalue weighted by molar-refractivity contribution is -0.138. The first-order valence-electron chi connectivity index (χ1n) is 20.4. The van der Waals surface area contributed by atoms with Gasteiger partial charge in [0.2, 0.25) is 0 Å². The molecule has 61 heavy (non-hydrogen) atoms. The monoisotopic (exact) mass is 809 g/mol. The predicted molar refractivity (Wildman–Crippen MR) is 238 cm³/mol. The summed E-state index contributed by atoms with van der Waals surface area (Å²) in [6.45, 7) is 0.527. The Morgan fingerprint density at radius 1 is 0.672 bits per heavy atom. The van der Waals surface area contributed by atoms with Crippen LogP contribution in [0.4, 0.5) is 24.5 Å². The molecule has 0 saturated heterocycles. The quantitative estimate of drug-likeness (QED) is 0.108. The molecule has 7 aromatic carbocycles. The fourth-order valence-electron chi connectivity index (χ4n) is 8.58. The van der Waals surface area contributed by atoms with Crippen LogP contribution in [0.1, 0.15) is 50.1 Å². The lowest BCUT2D eigenvalue weighted by atomic mass is 9.91. The van der Waals surface area contributed by atoms with E-state index in [2.05, 4.69) is 64.1 Å². The minimum absolute atomic E-state index is 0.0676. The zero-order valence-electron chi connectivity index (χ0n) is 33.2. The highest BCUT2D eigenvalue weighted by Crippen LogP contribution is 2.43. The van der Waals surface area contributed by atoms with Gasteiger partial charge in [-0.1, -0.05) is 146 Å². The number of carbonyl (C=O) groups is 1. The van der Waals surface area contributed by atoms with Crippen LogP contribution in [-0.4, -0.2) is 22.1 Å². The van der Waals surface area contributed by atoms with E-state index in [1.54, 1.807) is 12.3 Å². The molecule has 0 saturated carbocycles. The van der Waals surface area contributed by atoms with Crippen LogP contribution in [0.3, 0.4) is 0 Å². The van der Waals surface area contributed by atoms with Gasteiger partial charge in [0.15, 0.2) is 0 Å². The maximum atomic E-state index is 14.1. The van der Waals surface area contributed by atoms with Crippen molar-refractivity contribution in [2.45, 2.75) is 44.4 Å². The minimum Gasteiger partial charge on any atom is -0.480 e. The summed E-state index contributed by atoms with van der Waals surface area (Å²) in [5, 5.41) is 17.8. The molecule has 0 fully saturated rings. The number of hydrogen-bond donors (Lipinski definition) is 3. The van der Waals surface area contributed by atoms with Crippen molar-refractivity contribution in [1.82, 2.24) is 4.98 Å². The Labute approximate surface area is 352 Å². The molecule has 8 heteroatoms. The van der Waals surface area contributed by atoms with Crippen molar-refractivity contribution < 1.29 is 23.1 Å². The molecule has 1 atom stereocenters. The summed E-state index contributed by atoms with van der Waals surface area (Å²) in [4.78, 5) is 17.0. The number of aromatic nitrogens is 1. The third kappa shape index (κ3) is 8.48. The molecule has 1 heterocycles. The summed E-state index contributed by atoms with van der Waals surface area (Å²) < 4.78 is 42.4. The maximum Gasteiger partial charge on any atom is 0.418 e. The largest absolute Gasteiger partial charge is 0.480 e. The number of halogens is 3. The number of anilines is 2. The molecule has 0 spiro atoms. The average molecular weight is 810 g/mol. The molecule has 0 bridgehead atoms. The summed E-state index contributed by atoms with van der Waals surface area (Å²) in [6.07, 6.45) is -0.750. The van der Waals surface area contributed by atoms with E-state index in [9.17, 15) is 23.1 Å². The Hall–Kier alpha value is -7.19. The number of hydrogen-bond acceptors (Lipinski definition) is 4. The van der Waals surface area contributed by atoms with Gasteiger partial charge in [-0.05, 0) is 97.8 Å². The van der Waals surface area contributed by atoms with E-state index in [1.807, 2.05) is 97.1 Å². The minimum atomic E-state index is -4.54. The van der Waals surface area contributed by atoms with Gasteiger partial charge in [0.25, 0.3) is 0 Å². The number of para-hydroxylation sites is 1. The number of alkyl halides is 3. The number of rotatable bonds is 13. The van der Waals surface area contributed by atoms with Crippen molar-refractivity contribution in [2.75, 3.05) is 10.6 Å². The molecule has 1 aliphatic rings. The molecule has 0 amide bonds. The van der Waals surface area contributed by atoms with Crippen LogP contribution in [0.25, 0.3) is 33.2 Å². The standard InChI is InChI=1S/C53H42F3N3O2/c54-53(55,56)47-20-10-19-45-49(41(33-58-51(45)47)28-34-11-3-1-4-12-34)39-16-9-17-42(30-39)57-32-37-23-21-36(22-24-37)27-40-25-26-44-43-18-8-7-15-38(43)31-46(44)50(40)59-48(52(60)61)29-35-13-5-2-6-14-35/h1-26,30,33,48,57,59H,27-29,31-32H2,(H,60,61)/t48-/m1/s1. The van der Waals surface area contributed by atoms with Gasteiger partial charge in [-0.2, -0.15) is 13.2 Å². The zero-order valence-corrected chi connectivity index (χ0v) is 33.2. The van der Waals surface area contributed by atoms with E-state index in [4.69, 9.17) is 0 Å². The Bertz CT molecular complexity index is 2860. The van der Waals surface area contributed by atoms with E-state index in [0.29, 0.717) is 31.2 Å². The molecule has 8 aromatic rings. The van der Waals surface area contributed by atoms with Crippen molar-refractivity contribution in [3.05, 3.63) is 220 Å². The molecular formula is C53H42F3N3O2. The highest BCUT2D eigenvalue weighted by atomic mass is 19.4. The molecule has 0 aliphatic heterocycles. The predicted octanol–water partition coefficient (Wildman–Crippen LogP) is 12.4. The van der Waals surface area contributed by atoms with Crippen molar-refractivity contribution in [3.63, 3.8) is 0 Å². The zero-order chi connectivity index (χ0) is 41.9. The SMILES string of the molecule is O=C(O)[C@@H](Cc1ccccc1)Nc1c(Cc2ccc(CNc3cccc(-c4c(Cc5ccccc5)cnc5c(C(F)(F)F)cccc45)c3)cc2)ccc2c1Cc1ccccc1-2. The van der Waals surface area contributed by atoms with Gasteiger partial charge in [-0.25, -0.2) is 4.79 Å². The number of nitrogens with one attached hydrogen (secondary N) is 2. The lowest BCUT2D eigenvalue weighted by Crippen LogP contribution is -2.32. The molecule has 9 rings (SSSR count). The van der Waals surface area contributed by atoms with Crippen LogP contribution in [0.15, 0.2) is 170 Å². The van der Waals surface area contributed by atoms with E-state index < -0.39 is 23.8 Å². The average Bonchev–Trinajstić information content (AvgIpc) is 3.66. The van der Waals surface area contributed by atoms with Crippen molar-refractivity contribution in [2.24, 2.45) is 0 Å². The lowest BCUT2D eigenvalue weighted by Gasteiger charge is -2.22. The number of pyridine rings is 1. The third-order valence-electron chi connectivity index (χ3n) is 11.6. The van der Waals surface area contributed by atoms with Crippen molar-refractivity contribution in [3.8, 4) is 22.3 Å². The number of aliphatic carboxylic acids is 1. The molecule has 1 aromatic heterocycles. The van der Waals surface area contributed by atoms with Gasteiger partial charge < -0.3 is 15.7 Å². The van der Waals surface area contributed by atoms with Crippen LogP contribution in [0.2, 0.25) is 0 Å². The molecule has 5 nitrogen and oxygen atoms in total. The second-order valence-corrected chi connectivity index (χ2v) is 15.6. The fraction of sp³-hybridized carbons (Fsp3) is 0.132. The molecule has 1 aliphatic carbocycles. The normalized spacial score (nSPS) is 12.4. The molecule has 302 valence electrons. The Morgan fingerprint density at radius 2 is 1.34 bits per heavy atom. The molecule has 3 N–H and O–H groups in total. The number of carboxylic acid groups (broad SMARTS) is 1. The van der Waals surface area contributed by atoms with E-state index in [1.165, 1.54) is 17.2 Å². The van der Waals surface area contributed by atoms with E-state index >= 15 is 0 Å². The van der Waals surface area contributed by atoms with Gasteiger partial charge in [-0.15, -0.1) is 0 Å². The van der Waals surface area contributed by atoms with Crippen LogP contribution in [0.5, 0.6) is 0 Å². The van der Waals surface area contributed by atoms with Crippen molar-refractivity contribution in [1.29, 1.82) is 0 Å². The summed E-state index contributed by atoms with van der Waals surface area (Å²) in [5.41, 5.74) is 13.1. The summed E-state index contributed by atoms with van der Waals surface area (Å²) in [5.74, 6) is -0.900.